The van der Waals surface area contributed by atoms with Crippen molar-refractivity contribution >= 4 is 57.1 Å². The SMILES string of the molecule is CCc1nc2ccc(Cl)cn2c1C(=O)NCc1ccc(N2CCC(c3ccc(OC(F)(F)F)cc3)CC2)cc1.Fc1cc(CNc2ncnc3ccccc23)ccc1N1CCN(c2ccc(C(F)(F)F)cn2)CC1. The Morgan fingerprint density at radius 2 is 1.47 bits per heavy atom. The van der Waals surface area contributed by atoms with Gasteiger partial charge in [-0.2, -0.15) is 13.2 Å². The number of amides is 1. The number of benzene rings is 4. The van der Waals surface area contributed by atoms with E-state index in [-0.39, 0.29) is 23.4 Å². The first kappa shape index (κ1) is 51.2. The summed E-state index contributed by atoms with van der Waals surface area (Å²) >= 11 is 6.14. The number of carbonyl (C=O) groups is 1. The number of imidazole rings is 1. The van der Waals surface area contributed by atoms with Crippen molar-refractivity contribution < 1.29 is 40.3 Å². The van der Waals surface area contributed by atoms with Gasteiger partial charge >= 0.3 is 12.5 Å². The van der Waals surface area contributed by atoms with Gasteiger partial charge < -0.3 is 30.1 Å². The molecule has 0 unspecified atom stereocenters. The summed E-state index contributed by atoms with van der Waals surface area (Å²) in [6.07, 6.45) is -2.62. The fourth-order valence-corrected chi connectivity index (χ4v) is 9.38. The summed E-state index contributed by atoms with van der Waals surface area (Å²) in [4.78, 5) is 36.2. The Morgan fingerprint density at radius 3 is 2.15 bits per heavy atom. The molecule has 2 N–H and O–H groups in total. The number of carbonyl (C=O) groups excluding carboxylic acids is 1. The molecule has 0 bridgehead atoms. The van der Waals surface area contributed by atoms with Crippen molar-refractivity contribution in [3.63, 3.8) is 0 Å². The Kier molecular flexibility index (Phi) is 15.4. The van der Waals surface area contributed by atoms with Gasteiger partial charge in [-0.05, 0) is 115 Å². The number of pyridine rings is 2. The monoisotopic (exact) mass is 1040 g/mol. The molecule has 0 radical (unpaired) electrons. The number of hydrogen-bond acceptors (Lipinski definition) is 10. The number of aryl methyl sites for hydroxylation is 1. The molecule has 2 fully saturated rings. The molecular weight excluding hydrogens is 989 g/mol. The van der Waals surface area contributed by atoms with Crippen molar-refractivity contribution in [3.8, 4) is 5.75 Å². The van der Waals surface area contributed by atoms with Gasteiger partial charge in [-0.1, -0.05) is 61.0 Å². The number of rotatable bonds is 12. The zero-order valence-electron chi connectivity index (χ0n) is 40.0. The Balaban J connectivity index is 0.000000183. The lowest BCUT2D eigenvalue weighted by molar-refractivity contribution is -0.274. The summed E-state index contributed by atoms with van der Waals surface area (Å²) in [6, 6.07) is 33.1. The largest absolute Gasteiger partial charge is 0.573 e. The number of fused-ring (bicyclic) bond motifs is 2. The van der Waals surface area contributed by atoms with Gasteiger partial charge in [0.15, 0.2) is 0 Å². The summed E-state index contributed by atoms with van der Waals surface area (Å²) in [5, 5.41) is 7.68. The van der Waals surface area contributed by atoms with Crippen molar-refractivity contribution in [3.05, 3.63) is 178 Å². The highest BCUT2D eigenvalue weighted by Crippen LogP contribution is 2.34. The number of piperazine rings is 1. The van der Waals surface area contributed by atoms with Crippen molar-refractivity contribution in [2.24, 2.45) is 0 Å². The molecule has 8 aromatic rings. The number of aromatic nitrogens is 5. The topological polar surface area (TPSA) is 116 Å². The van der Waals surface area contributed by atoms with Crippen LogP contribution < -0.4 is 30.1 Å². The number of anilines is 4. The average Bonchev–Trinajstić information content (AvgIpc) is 3.78. The highest BCUT2D eigenvalue weighted by Gasteiger charge is 2.32. The molecule has 4 aromatic carbocycles. The molecule has 0 atom stereocenters. The number of para-hydroxylation sites is 1. The number of nitrogens with one attached hydrogen (secondary N) is 2. The normalized spacial score (nSPS) is 14.5. The van der Waals surface area contributed by atoms with Crippen LogP contribution in [-0.2, 0) is 25.7 Å². The first-order valence-corrected chi connectivity index (χ1v) is 24.4. The van der Waals surface area contributed by atoms with Crippen molar-refractivity contribution in [2.45, 2.75) is 57.7 Å². The zero-order chi connectivity index (χ0) is 52.0. The van der Waals surface area contributed by atoms with Crippen LogP contribution in [0, 0.1) is 5.82 Å². The molecule has 74 heavy (non-hydrogen) atoms. The van der Waals surface area contributed by atoms with Gasteiger partial charge in [0, 0.05) is 75.8 Å². The predicted molar refractivity (Wildman–Crippen MR) is 271 cm³/mol. The molecule has 384 valence electrons. The molecule has 6 heterocycles. The molecule has 1 amide bonds. The van der Waals surface area contributed by atoms with Crippen molar-refractivity contribution in [1.82, 2.24) is 29.7 Å². The van der Waals surface area contributed by atoms with Crippen LogP contribution >= 0.6 is 11.6 Å². The van der Waals surface area contributed by atoms with Crippen molar-refractivity contribution in [2.75, 3.05) is 59.3 Å². The molecule has 12 nitrogen and oxygen atoms in total. The van der Waals surface area contributed by atoms with Gasteiger partial charge in [-0.3, -0.25) is 9.20 Å². The third kappa shape index (κ3) is 12.4. The molecule has 2 saturated heterocycles. The molecule has 2 aliphatic heterocycles. The second kappa shape index (κ2) is 22.2. The number of hydrogen-bond donors (Lipinski definition) is 2. The Morgan fingerprint density at radius 1 is 0.757 bits per heavy atom. The maximum absolute atomic E-state index is 15.0. The lowest BCUT2D eigenvalue weighted by Crippen LogP contribution is -2.47. The molecule has 0 spiro atoms. The summed E-state index contributed by atoms with van der Waals surface area (Å²) < 4.78 is 96.1. The van der Waals surface area contributed by atoms with E-state index in [1.807, 2.05) is 59.2 Å². The second-order valence-corrected chi connectivity index (χ2v) is 18.3. The predicted octanol–water partition coefficient (Wildman–Crippen LogP) is 11.9. The van der Waals surface area contributed by atoms with E-state index in [4.69, 9.17) is 11.6 Å². The number of alkyl halides is 6. The van der Waals surface area contributed by atoms with E-state index in [0.717, 1.165) is 77.2 Å². The van der Waals surface area contributed by atoms with Crippen LogP contribution in [0.4, 0.5) is 53.7 Å². The first-order valence-electron chi connectivity index (χ1n) is 24.0. The van der Waals surface area contributed by atoms with E-state index >= 15 is 0 Å². The Bertz CT molecular complexity index is 3190. The molecule has 10 rings (SSSR count). The van der Waals surface area contributed by atoms with Crippen LogP contribution in [-0.4, -0.2) is 75.9 Å². The van der Waals surface area contributed by atoms with Gasteiger partial charge in [0.1, 0.15) is 40.9 Å². The number of ether oxygens (including phenoxy) is 1. The summed E-state index contributed by atoms with van der Waals surface area (Å²) in [5.41, 5.74) is 6.34. The third-order valence-corrected chi connectivity index (χ3v) is 13.3. The fourth-order valence-electron chi connectivity index (χ4n) is 9.22. The maximum Gasteiger partial charge on any atom is 0.573 e. The van der Waals surface area contributed by atoms with Gasteiger partial charge in [-0.15, -0.1) is 13.2 Å². The molecule has 20 heteroatoms. The third-order valence-electron chi connectivity index (χ3n) is 13.1. The summed E-state index contributed by atoms with van der Waals surface area (Å²) in [7, 11) is 0. The van der Waals surface area contributed by atoms with Crippen LogP contribution in [0.15, 0.2) is 134 Å². The van der Waals surface area contributed by atoms with Crippen LogP contribution in [0.3, 0.4) is 0 Å². The van der Waals surface area contributed by atoms with E-state index in [9.17, 15) is 35.5 Å². The number of halogens is 8. The lowest BCUT2D eigenvalue weighted by atomic mass is 9.89. The second-order valence-electron chi connectivity index (χ2n) is 17.8. The number of piperidine rings is 1. The first-order chi connectivity index (χ1) is 35.6. The van der Waals surface area contributed by atoms with E-state index in [2.05, 4.69) is 52.3 Å². The van der Waals surface area contributed by atoms with Crippen molar-refractivity contribution in [1.29, 1.82) is 0 Å². The van der Waals surface area contributed by atoms with Gasteiger partial charge in [0.05, 0.1) is 27.5 Å². The number of nitrogens with zero attached hydrogens (tertiary/aromatic N) is 8. The molecule has 0 aliphatic carbocycles. The minimum atomic E-state index is -4.68. The Hall–Kier alpha value is -7.67. The van der Waals surface area contributed by atoms with Crippen LogP contribution in [0.2, 0.25) is 5.02 Å². The molecule has 4 aromatic heterocycles. The van der Waals surface area contributed by atoms with Gasteiger partial charge in [0.25, 0.3) is 5.91 Å². The molecule has 2 aliphatic rings. The van der Waals surface area contributed by atoms with E-state index in [1.165, 1.54) is 30.6 Å². The van der Waals surface area contributed by atoms with Gasteiger partial charge in [-0.25, -0.2) is 24.3 Å². The average molecular weight is 1040 g/mol. The lowest BCUT2D eigenvalue weighted by Gasteiger charge is -2.37. The zero-order valence-corrected chi connectivity index (χ0v) is 40.7. The maximum atomic E-state index is 15.0. The van der Waals surface area contributed by atoms with Crippen LogP contribution in [0.25, 0.3) is 16.6 Å². The quantitative estimate of drug-likeness (QED) is 0.115. The minimum Gasteiger partial charge on any atom is -0.406 e. The summed E-state index contributed by atoms with van der Waals surface area (Å²) in [5.74, 6) is 0.737. The standard InChI is InChI=1S/C29H28ClF3N4O2.C25H22F4N6/c1-2-25-27(37-18-22(30)7-12-26(37)35-25)28(38)34-17-19-3-8-23(9-4-19)36-15-13-21(14-16-36)20-5-10-24(11-6-20)39-29(31,32)33;26-20-13-17(14-31-24-19-3-1-2-4-21(19)32-16-33-24)5-7-22(20)34-9-11-35(12-10-34)23-8-6-18(15-30-23)25(27,28)29/h3-12,18,21H,2,13-17H2,1H3,(H,34,38);1-8,13,15-16H,9-12,14H2,(H,31,32,33). The van der Waals surface area contributed by atoms with E-state index in [0.29, 0.717) is 79.4 Å². The van der Waals surface area contributed by atoms with Crippen LogP contribution in [0.5, 0.6) is 5.75 Å². The van der Waals surface area contributed by atoms with E-state index < -0.39 is 18.1 Å². The molecular formula is C54H50ClF7N10O2. The highest BCUT2D eigenvalue weighted by atomic mass is 35.5. The molecule has 0 saturated carbocycles. The highest BCUT2D eigenvalue weighted by molar-refractivity contribution is 6.30. The fraction of sp³-hybridized carbons (Fsp3) is 0.278. The smallest absolute Gasteiger partial charge is 0.406 e. The summed E-state index contributed by atoms with van der Waals surface area (Å²) in [6.45, 7) is 6.57. The van der Waals surface area contributed by atoms with Crippen LogP contribution in [0.1, 0.15) is 64.1 Å². The van der Waals surface area contributed by atoms with Gasteiger partial charge in [0.2, 0.25) is 0 Å². The minimum absolute atomic E-state index is 0.200. The Labute approximate surface area is 426 Å². The van der Waals surface area contributed by atoms with E-state index in [1.54, 1.807) is 40.9 Å².